The van der Waals surface area contributed by atoms with Gasteiger partial charge in [-0.3, -0.25) is 4.79 Å². The molecule has 2 nitrogen and oxygen atoms in total. The zero-order valence-corrected chi connectivity index (χ0v) is 17.1. The number of anilines is 1. The Kier molecular flexibility index (Phi) is 4.86. The summed E-state index contributed by atoms with van der Waals surface area (Å²) >= 11 is 6.05. The third-order valence-corrected chi connectivity index (χ3v) is 5.86. The number of fused-ring (bicyclic) bond motifs is 1. The number of nitrogens with one attached hydrogen (secondary N) is 1. The molecule has 0 bridgehead atoms. The normalized spacial score (nSPS) is 15.4. The van der Waals surface area contributed by atoms with Gasteiger partial charge in [-0.15, -0.1) is 0 Å². The second-order valence-corrected chi connectivity index (χ2v) is 7.99. The minimum atomic E-state index is -0.0766. The maximum atomic E-state index is 13.2. The van der Waals surface area contributed by atoms with Crippen LogP contribution in [0.5, 0.6) is 0 Å². The summed E-state index contributed by atoms with van der Waals surface area (Å²) in [5.74, 6) is 0.152. The number of rotatable bonds is 3. The first-order valence-corrected chi connectivity index (χ1v) is 10.4. The van der Waals surface area contributed by atoms with Crippen LogP contribution < -0.4 is 5.32 Å². The molecule has 0 aliphatic carbocycles. The molecule has 0 amide bonds. The van der Waals surface area contributed by atoms with Gasteiger partial charge in [0.2, 0.25) is 0 Å². The highest BCUT2D eigenvalue weighted by molar-refractivity contribution is 6.30. The Hall–Kier alpha value is -3.36. The van der Waals surface area contributed by atoms with Crippen molar-refractivity contribution >= 4 is 23.1 Å². The number of carbonyl (C=O) groups is 1. The fourth-order valence-electron chi connectivity index (χ4n) is 4.08. The summed E-state index contributed by atoms with van der Waals surface area (Å²) in [6, 6.07) is 32.3. The quantitative estimate of drug-likeness (QED) is 0.381. The molecule has 0 fully saturated rings. The number of ketones is 1. The summed E-state index contributed by atoms with van der Waals surface area (Å²) in [6.45, 7) is 0. The Labute approximate surface area is 181 Å². The summed E-state index contributed by atoms with van der Waals surface area (Å²) in [5, 5.41) is 4.34. The molecule has 1 unspecified atom stereocenters. The van der Waals surface area contributed by atoms with E-state index < -0.39 is 0 Å². The van der Waals surface area contributed by atoms with Crippen molar-refractivity contribution in [3.05, 3.63) is 113 Å². The predicted octanol–water partition coefficient (Wildman–Crippen LogP) is 7.41. The Morgan fingerprint density at radius 3 is 1.97 bits per heavy atom. The van der Waals surface area contributed by atoms with Gasteiger partial charge < -0.3 is 5.32 Å². The van der Waals surface area contributed by atoms with Crippen LogP contribution in [0, 0.1) is 0 Å². The second kappa shape index (κ2) is 7.81. The number of hydrogen-bond donors (Lipinski definition) is 1. The highest BCUT2D eigenvalue weighted by Crippen LogP contribution is 2.42. The van der Waals surface area contributed by atoms with Gasteiger partial charge in [0, 0.05) is 22.6 Å². The molecule has 1 heterocycles. The molecular formula is C27H20ClNO. The molecule has 1 aliphatic rings. The minimum absolute atomic E-state index is 0.0766. The van der Waals surface area contributed by atoms with Crippen LogP contribution in [0.15, 0.2) is 97.1 Å². The van der Waals surface area contributed by atoms with Crippen molar-refractivity contribution < 1.29 is 4.79 Å². The molecule has 4 aromatic rings. The van der Waals surface area contributed by atoms with Gasteiger partial charge >= 0.3 is 0 Å². The first-order valence-electron chi connectivity index (χ1n) is 10.0. The SMILES string of the molecule is O=C1CC(c2ccc(Cl)cc2)Nc2c1cc(-c1ccccc1)cc2-c1ccccc1. The van der Waals surface area contributed by atoms with Crippen molar-refractivity contribution in [3.8, 4) is 22.3 Å². The number of carbonyl (C=O) groups excluding carboxylic acids is 1. The van der Waals surface area contributed by atoms with E-state index in [-0.39, 0.29) is 11.8 Å². The van der Waals surface area contributed by atoms with Gasteiger partial charge in [-0.05, 0) is 46.5 Å². The lowest BCUT2D eigenvalue weighted by Crippen LogP contribution is -2.23. The number of benzene rings is 4. The van der Waals surface area contributed by atoms with E-state index in [1.54, 1.807) is 0 Å². The van der Waals surface area contributed by atoms with Crippen LogP contribution in [0.3, 0.4) is 0 Å². The standard InChI is InChI=1S/C27H20ClNO/c28-22-13-11-20(12-14-22)25-17-26(30)24-16-21(18-7-3-1-4-8-18)15-23(27(24)29-25)19-9-5-2-6-10-19/h1-16,25,29H,17H2. The average Bonchev–Trinajstić information content (AvgIpc) is 2.80. The fraction of sp³-hybridized carbons (Fsp3) is 0.0741. The van der Waals surface area contributed by atoms with Gasteiger partial charge in [0.05, 0.1) is 11.7 Å². The van der Waals surface area contributed by atoms with Crippen molar-refractivity contribution in [2.45, 2.75) is 12.5 Å². The van der Waals surface area contributed by atoms with E-state index >= 15 is 0 Å². The third-order valence-electron chi connectivity index (χ3n) is 5.61. The first-order chi connectivity index (χ1) is 14.7. The van der Waals surface area contributed by atoms with Crippen molar-refractivity contribution in [3.63, 3.8) is 0 Å². The van der Waals surface area contributed by atoms with E-state index in [4.69, 9.17) is 11.6 Å². The zero-order valence-electron chi connectivity index (χ0n) is 16.3. The van der Waals surface area contributed by atoms with Crippen LogP contribution in [-0.2, 0) is 0 Å². The Morgan fingerprint density at radius 2 is 1.30 bits per heavy atom. The molecule has 30 heavy (non-hydrogen) atoms. The molecule has 0 spiro atoms. The average molecular weight is 410 g/mol. The number of Topliss-reactive ketones (excluding diaryl/α,β-unsaturated/α-hetero) is 1. The van der Waals surface area contributed by atoms with Gasteiger partial charge in [-0.25, -0.2) is 0 Å². The molecule has 1 aliphatic heterocycles. The Morgan fingerprint density at radius 1 is 0.700 bits per heavy atom. The molecule has 4 aromatic carbocycles. The van der Waals surface area contributed by atoms with Crippen molar-refractivity contribution in [2.75, 3.05) is 5.32 Å². The Bertz CT molecular complexity index is 1200. The summed E-state index contributed by atoms with van der Waals surface area (Å²) in [6.07, 6.45) is 0.418. The zero-order chi connectivity index (χ0) is 20.5. The predicted molar refractivity (Wildman–Crippen MR) is 124 cm³/mol. The molecule has 5 rings (SSSR count). The van der Waals surface area contributed by atoms with Gasteiger partial charge in [0.1, 0.15) is 0 Å². The van der Waals surface area contributed by atoms with Crippen LogP contribution in [-0.4, -0.2) is 5.78 Å². The third kappa shape index (κ3) is 3.51. The maximum absolute atomic E-state index is 13.2. The van der Waals surface area contributed by atoms with Gasteiger partial charge in [0.25, 0.3) is 0 Å². The molecule has 3 heteroatoms. The molecular weight excluding hydrogens is 390 g/mol. The first kappa shape index (κ1) is 18.7. The second-order valence-electron chi connectivity index (χ2n) is 7.55. The minimum Gasteiger partial charge on any atom is -0.377 e. The largest absolute Gasteiger partial charge is 0.377 e. The lowest BCUT2D eigenvalue weighted by molar-refractivity contribution is 0.0972. The topological polar surface area (TPSA) is 29.1 Å². The van der Waals surface area contributed by atoms with E-state index in [1.807, 2.05) is 66.7 Å². The summed E-state index contributed by atoms with van der Waals surface area (Å²) in [5.41, 5.74) is 6.99. The van der Waals surface area contributed by atoms with Crippen LogP contribution >= 0.6 is 11.6 Å². The molecule has 0 aromatic heterocycles. The summed E-state index contributed by atoms with van der Waals surface area (Å²) < 4.78 is 0. The molecule has 1 N–H and O–H groups in total. The van der Waals surface area contributed by atoms with Crippen molar-refractivity contribution in [1.29, 1.82) is 0 Å². The van der Waals surface area contributed by atoms with Gasteiger partial charge in [-0.2, -0.15) is 0 Å². The van der Waals surface area contributed by atoms with Crippen LogP contribution in [0.2, 0.25) is 5.02 Å². The number of hydrogen-bond acceptors (Lipinski definition) is 2. The van der Waals surface area contributed by atoms with Gasteiger partial charge in [0.15, 0.2) is 5.78 Å². The smallest absolute Gasteiger partial charge is 0.167 e. The van der Waals surface area contributed by atoms with E-state index in [1.165, 1.54) is 0 Å². The van der Waals surface area contributed by atoms with E-state index in [2.05, 4.69) is 35.6 Å². The highest BCUT2D eigenvalue weighted by atomic mass is 35.5. The maximum Gasteiger partial charge on any atom is 0.167 e. The molecule has 0 saturated heterocycles. The van der Waals surface area contributed by atoms with Crippen molar-refractivity contribution in [1.82, 2.24) is 0 Å². The molecule has 1 atom stereocenters. The van der Waals surface area contributed by atoms with Crippen molar-refractivity contribution in [2.24, 2.45) is 0 Å². The fourth-order valence-corrected chi connectivity index (χ4v) is 4.20. The molecule has 0 radical (unpaired) electrons. The van der Waals surface area contributed by atoms with Crippen LogP contribution in [0.25, 0.3) is 22.3 Å². The molecule has 0 saturated carbocycles. The Balaban J connectivity index is 1.66. The lowest BCUT2D eigenvalue weighted by atomic mass is 9.86. The van der Waals surface area contributed by atoms with Gasteiger partial charge in [-0.1, -0.05) is 84.4 Å². The molecule has 146 valence electrons. The van der Waals surface area contributed by atoms with Crippen LogP contribution in [0.4, 0.5) is 5.69 Å². The summed E-state index contributed by atoms with van der Waals surface area (Å²) in [4.78, 5) is 13.2. The highest BCUT2D eigenvalue weighted by Gasteiger charge is 2.28. The monoisotopic (exact) mass is 409 g/mol. The van der Waals surface area contributed by atoms with Crippen LogP contribution in [0.1, 0.15) is 28.4 Å². The van der Waals surface area contributed by atoms with E-state index in [0.29, 0.717) is 11.4 Å². The number of halogens is 1. The lowest BCUT2D eigenvalue weighted by Gasteiger charge is -2.29. The van der Waals surface area contributed by atoms with E-state index in [9.17, 15) is 4.79 Å². The summed E-state index contributed by atoms with van der Waals surface area (Å²) in [7, 11) is 0. The van der Waals surface area contributed by atoms with E-state index in [0.717, 1.165) is 39.1 Å².